The van der Waals surface area contributed by atoms with Crippen LogP contribution in [0, 0.1) is 0 Å². The first-order valence-electron chi connectivity index (χ1n) is 6.27. The number of nitrogens with zero attached hydrogens (tertiary/aromatic N) is 1. The van der Waals surface area contributed by atoms with Crippen molar-refractivity contribution in [3.05, 3.63) is 42.1 Å². The Bertz CT molecular complexity index is 657. The molecule has 0 bridgehead atoms. The number of pyridine rings is 1. The van der Waals surface area contributed by atoms with Gasteiger partial charge in [-0.2, -0.15) is 0 Å². The third-order valence-corrected chi connectivity index (χ3v) is 3.89. The minimum atomic E-state index is 0.0122. The fourth-order valence-corrected chi connectivity index (χ4v) is 2.90. The molecule has 2 aromatic rings. The highest BCUT2D eigenvalue weighted by atomic mass is 32.2. The zero-order chi connectivity index (χ0) is 13.9. The number of carbonyl (C=O) groups excluding carboxylic acids is 1. The van der Waals surface area contributed by atoms with Crippen LogP contribution >= 0.6 is 11.8 Å². The Balaban J connectivity index is 1.90. The van der Waals surface area contributed by atoms with Crippen molar-refractivity contribution in [3.8, 4) is 11.5 Å². The lowest BCUT2D eigenvalue weighted by molar-refractivity contribution is 0.101. The van der Waals surface area contributed by atoms with Crippen molar-refractivity contribution in [3.63, 3.8) is 0 Å². The maximum absolute atomic E-state index is 11.6. The number of hydrogen-bond acceptors (Lipinski definition) is 5. The number of aromatic nitrogens is 1. The monoisotopic (exact) mass is 287 g/mol. The Morgan fingerprint density at radius 1 is 1.20 bits per heavy atom. The summed E-state index contributed by atoms with van der Waals surface area (Å²) in [5.74, 6) is 1.51. The van der Waals surface area contributed by atoms with Gasteiger partial charge in [-0.3, -0.25) is 4.79 Å². The lowest BCUT2D eigenvalue weighted by Crippen LogP contribution is -2.15. The summed E-state index contributed by atoms with van der Waals surface area (Å²) in [7, 11) is 0. The van der Waals surface area contributed by atoms with Gasteiger partial charge >= 0.3 is 0 Å². The molecule has 0 radical (unpaired) electrons. The molecule has 1 aliphatic rings. The molecule has 4 nitrogen and oxygen atoms in total. The highest BCUT2D eigenvalue weighted by Crippen LogP contribution is 2.37. The number of fused-ring (bicyclic) bond motifs is 1. The van der Waals surface area contributed by atoms with Crippen molar-refractivity contribution in [1.29, 1.82) is 0 Å². The summed E-state index contributed by atoms with van der Waals surface area (Å²) < 4.78 is 11.0. The number of Topliss-reactive ketones (excluding diaryl/α,β-unsaturated/α-hetero) is 1. The predicted octanol–water partition coefficient (Wildman–Crippen LogP) is 3.21. The molecule has 0 saturated heterocycles. The van der Waals surface area contributed by atoms with Gasteiger partial charge in [0, 0.05) is 16.7 Å². The van der Waals surface area contributed by atoms with Gasteiger partial charge in [-0.1, -0.05) is 11.8 Å². The molecular weight excluding hydrogens is 274 g/mol. The molecule has 1 aromatic heterocycles. The summed E-state index contributed by atoms with van der Waals surface area (Å²) in [6.45, 7) is 2.68. The fourth-order valence-electron chi connectivity index (χ4n) is 1.94. The van der Waals surface area contributed by atoms with Crippen LogP contribution in [-0.4, -0.2) is 24.0 Å². The first kappa shape index (κ1) is 13.0. The zero-order valence-electron chi connectivity index (χ0n) is 11.0. The summed E-state index contributed by atoms with van der Waals surface area (Å²) in [6, 6.07) is 9.29. The van der Waals surface area contributed by atoms with Crippen LogP contribution in [0.1, 0.15) is 17.3 Å². The maximum Gasteiger partial charge on any atom is 0.162 e. The highest BCUT2D eigenvalue weighted by molar-refractivity contribution is 7.99. The quantitative estimate of drug-likeness (QED) is 0.811. The number of ether oxygens (including phenoxy) is 2. The molecular formula is C15H13NO3S. The average molecular weight is 287 g/mol. The molecule has 0 aliphatic carbocycles. The van der Waals surface area contributed by atoms with Gasteiger partial charge in [0.2, 0.25) is 0 Å². The second kappa shape index (κ2) is 5.54. The molecule has 102 valence electrons. The molecule has 1 aromatic carbocycles. The van der Waals surface area contributed by atoms with E-state index in [4.69, 9.17) is 9.47 Å². The van der Waals surface area contributed by atoms with Crippen molar-refractivity contribution < 1.29 is 14.3 Å². The summed E-state index contributed by atoms with van der Waals surface area (Å²) in [6.07, 6.45) is 1.69. The van der Waals surface area contributed by atoms with Gasteiger partial charge in [-0.05, 0) is 37.3 Å². The van der Waals surface area contributed by atoms with Crippen molar-refractivity contribution in [2.24, 2.45) is 0 Å². The molecule has 0 amide bonds. The van der Waals surface area contributed by atoms with Gasteiger partial charge in [-0.15, -0.1) is 0 Å². The van der Waals surface area contributed by atoms with Crippen molar-refractivity contribution in [1.82, 2.24) is 4.98 Å². The second-order valence-electron chi connectivity index (χ2n) is 4.32. The normalized spacial score (nSPS) is 13.1. The molecule has 3 rings (SSSR count). The summed E-state index contributed by atoms with van der Waals surface area (Å²) in [5.41, 5.74) is 0.632. The van der Waals surface area contributed by atoms with Crippen LogP contribution in [0.2, 0.25) is 0 Å². The molecule has 0 saturated carbocycles. The second-order valence-corrected chi connectivity index (χ2v) is 5.38. The van der Waals surface area contributed by atoms with Crippen LogP contribution in [0.3, 0.4) is 0 Å². The van der Waals surface area contributed by atoms with E-state index in [-0.39, 0.29) is 5.78 Å². The van der Waals surface area contributed by atoms with Gasteiger partial charge in [0.1, 0.15) is 18.2 Å². The molecule has 2 heterocycles. The molecule has 0 fully saturated rings. The van der Waals surface area contributed by atoms with Crippen LogP contribution in [0.25, 0.3) is 0 Å². The first-order valence-corrected chi connectivity index (χ1v) is 7.09. The van der Waals surface area contributed by atoms with Crippen LogP contribution in [0.5, 0.6) is 11.5 Å². The molecule has 20 heavy (non-hydrogen) atoms. The SMILES string of the molecule is CC(=O)c1cccnc1Sc1ccc2c(c1)OCCO2. The van der Waals surface area contributed by atoms with Gasteiger partial charge in [0.25, 0.3) is 0 Å². The van der Waals surface area contributed by atoms with Crippen molar-refractivity contribution in [2.45, 2.75) is 16.8 Å². The van der Waals surface area contributed by atoms with E-state index in [1.165, 1.54) is 11.8 Å². The smallest absolute Gasteiger partial charge is 0.162 e. The van der Waals surface area contributed by atoms with Gasteiger partial charge < -0.3 is 9.47 Å². The van der Waals surface area contributed by atoms with E-state index >= 15 is 0 Å². The van der Waals surface area contributed by atoms with Crippen LogP contribution in [0.15, 0.2) is 46.5 Å². The zero-order valence-corrected chi connectivity index (χ0v) is 11.8. The number of carbonyl (C=O) groups is 1. The van der Waals surface area contributed by atoms with E-state index in [1.54, 1.807) is 25.3 Å². The van der Waals surface area contributed by atoms with Crippen LogP contribution < -0.4 is 9.47 Å². The van der Waals surface area contributed by atoms with E-state index in [1.807, 2.05) is 18.2 Å². The lowest BCUT2D eigenvalue weighted by atomic mass is 10.2. The van der Waals surface area contributed by atoms with Gasteiger partial charge in [0.05, 0.1) is 0 Å². The third kappa shape index (κ3) is 2.63. The Morgan fingerprint density at radius 3 is 2.80 bits per heavy atom. The van der Waals surface area contributed by atoms with E-state index in [0.717, 1.165) is 16.4 Å². The molecule has 0 atom stereocenters. The van der Waals surface area contributed by atoms with Crippen LogP contribution in [0.4, 0.5) is 0 Å². The van der Waals surface area contributed by atoms with Crippen molar-refractivity contribution in [2.75, 3.05) is 13.2 Å². The number of benzene rings is 1. The number of hydrogen-bond donors (Lipinski definition) is 0. The van der Waals surface area contributed by atoms with E-state index in [9.17, 15) is 4.79 Å². The third-order valence-electron chi connectivity index (χ3n) is 2.88. The van der Waals surface area contributed by atoms with Gasteiger partial charge in [-0.25, -0.2) is 4.98 Å². The van der Waals surface area contributed by atoms with Gasteiger partial charge in [0.15, 0.2) is 17.3 Å². The predicted molar refractivity (Wildman–Crippen MR) is 75.8 cm³/mol. The maximum atomic E-state index is 11.6. The Hall–Kier alpha value is -2.01. The molecule has 0 unspecified atom stereocenters. The molecule has 0 spiro atoms. The summed E-state index contributed by atoms with van der Waals surface area (Å²) >= 11 is 1.45. The highest BCUT2D eigenvalue weighted by Gasteiger charge is 2.14. The summed E-state index contributed by atoms with van der Waals surface area (Å²) in [5, 5.41) is 0.705. The van der Waals surface area contributed by atoms with Crippen LogP contribution in [-0.2, 0) is 0 Å². The van der Waals surface area contributed by atoms with Crippen molar-refractivity contribution >= 4 is 17.5 Å². The summed E-state index contributed by atoms with van der Waals surface area (Å²) in [4.78, 5) is 16.8. The number of ketones is 1. The molecule has 1 aliphatic heterocycles. The first-order chi connectivity index (χ1) is 9.74. The van der Waals surface area contributed by atoms with E-state index in [2.05, 4.69) is 4.98 Å². The lowest BCUT2D eigenvalue weighted by Gasteiger charge is -2.18. The number of rotatable bonds is 3. The Morgan fingerprint density at radius 2 is 2.00 bits per heavy atom. The minimum absolute atomic E-state index is 0.0122. The minimum Gasteiger partial charge on any atom is -0.486 e. The standard InChI is InChI=1S/C15H13NO3S/c1-10(17)12-3-2-6-16-15(12)20-11-4-5-13-14(9-11)19-8-7-18-13/h2-6,9H,7-8H2,1H3. The van der Waals surface area contributed by atoms with E-state index in [0.29, 0.717) is 23.8 Å². The largest absolute Gasteiger partial charge is 0.486 e. The molecule has 0 N–H and O–H groups in total. The van der Waals surface area contributed by atoms with E-state index < -0.39 is 0 Å². The topological polar surface area (TPSA) is 48.4 Å². The fraction of sp³-hybridized carbons (Fsp3) is 0.200. The Labute approximate surface area is 121 Å². The average Bonchev–Trinajstić information content (AvgIpc) is 2.47. The molecule has 5 heteroatoms. The Kier molecular flexibility index (Phi) is 3.60.